The smallest absolute Gasteiger partial charge is 0.276 e. The molecule has 9 nitrogen and oxygen atoms in total. The standard InChI is InChI=1S/C17H20N6O3/c1-10-7-11(20-13-8-12(18)22(26)9-19-13)16(25)23-14(10)15(24)21-17(23)5-3-2-4-6-17/h7-9H,2-6,18H2,1H3,(H,19,20)(H,21,24). The van der Waals surface area contributed by atoms with Crippen LogP contribution in [0.1, 0.15) is 48.2 Å². The summed E-state index contributed by atoms with van der Waals surface area (Å²) in [6.07, 6.45) is 5.53. The molecule has 1 aliphatic carbocycles. The van der Waals surface area contributed by atoms with E-state index in [4.69, 9.17) is 5.73 Å². The van der Waals surface area contributed by atoms with E-state index in [1.54, 1.807) is 17.6 Å². The van der Waals surface area contributed by atoms with Gasteiger partial charge in [-0.2, -0.15) is 0 Å². The molecule has 0 atom stereocenters. The Labute approximate surface area is 149 Å². The van der Waals surface area contributed by atoms with Gasteiger partial charge in [0.1, 0.15) is 17.0 Å². The normalized spacial score (nSPS) is 17.8. The third kappa shape index (κ3) is 2.39. The van der Waals surface area contributed by atoms with Crippen molar-refractivity contribution in [1.29, 1.82) is 0 Å². The first kappa shape index (κ1) is 16.4. The molecule has 0 bridgehead atoms. The predicted molar refractivity (Wildman–Crippen MR) is 94.9 cm³/mol. The summed E-state index contributed by atoms with van der Waals surface area (Å²) < 4.78 is 2.04. The summed E-state index contributed by atoms with van der Waals surface area (Å²) in [6, 6.07) is 2.99. The highest BCUT2D eigenvalue weighted by atomic mass is 16.5. The van der Waals surface area contributed by atoms with Crippen molar-refractivity contribution < 1.29 is 9.52 Å². The molecule has 1 aliphatic heterocycles. The lowest BCUT2D eigenvalue weighted by molar-refractivity contribution is -0.593. The van der Waals surface area contributed by atoms with E-state index in [2.05, 4.69) is 15.6 Å². The maximum Gasteiger partial charge on any atom is 0.276 e. The number of carbonyl (C=O) groups is 1. The minimum Gasteiger partial charge on any atom is -0.740 e. The van der Waals surface area contributed by atoms with Gasteiger partial charge >= 0.3 is 0 Å². The van der Waals surface area contributed by atoms with Crippen LogP contribution in [0, 0.1) is 12.1 Å². The predicted octanol–water partition coefficient (Wildman–Crippen LogP) is 0.871. The number of aromatic nitrogens is 3. The largest absolute Gasteiger partial charge is 0.740 e. The minimum absolute atomic E-state index is 0.0268. The first-order valence-corrected chi connectivity index (χ1v) is 8.63. The number of hydrogen-bond acceptors (Lipinski definition) is 6. The average molecular weight is 356 g/mol. The van der Waals surface area contributed by atoms with Gasteiger partial charge in [0.25, 0.3) is 11.5 Å². The van der Waals surface area contributed by atoms with Crippen molar-refractivity contribution in [2.24, 2.45) is 0 Å². The number of rotatable bonds is 2. The van der Waals surface area contributed by atoms with Gasteiger partial charge < -0.3 is 21.6 Å². The quantitative estimate of drug-likeness (QED) is 0.541. The maximum absolute atomic E-state index is 13.2. The van der Waals surface area contributed by atoms with Crippen LogP contribution in [-0.4, -0.2) is 15.5 Å². The average Bonchev–Trinajstić information content (AvgIpc) is 2.88. The highest BCUT2D eigenvalue weighted by Crippen LogP contribution is 2.37. The summed E-state index contributed by atoms with van der Waals surface area (Å²) in [5.74, 6) is 0.0604. The molecule has 3 heterocycles. The number of pyridine rings is 1. The molecule has 0 unspecified atom stereocenters. The Kier molecular flexibility index (Phi) is 3.60. The van der Waals surface area contributed by atoms with Crippen LogP contribution in [-0.2, 0) is 5.66 Å². The van der Waals surface area contributed by atoms with Crippen molar-refractivity contribution in [2.45, 2.75) is 44.7 Å². The molecule has 1 amide bonds. The van der Waals surface area contributed by atoms with Gasteiger partial charge in [-0.05, 0) is 44.2 Å². The second-order valence-corrected chi connectivity index (χ2v) is 6.93. The van der Waals surface area contributed by atoms with Crippen molar-refractivity contribution in [1.82, 2.24) is 14.9 Å². The van der Waals surface area contributed by atoms with E-state index >= 15 is 0 Å². The van der Waals surface area contributed by atoms with Gasteiger partial charge in [-0.3, -0.25) is 18.9 Å². The number of nitrogens with one attached hydrogen (secondary N) is 2. The summed E-state index contributed by atoms with van der Waals surface area (Å²) in [7, 11) is 0. The Morgan fingerprint density at radius 1 is 1.31 bits per heavy atom. The number of anilines is 3. The van der Waals surface area contributed by atoms with Gasteiger partial charge in [-0.25, -0.2) is 0 Å². The first-order chi connectivity index (χ1) is 12.4. The molecule has 9 heteroatoms. The molecule has 0 radical (unpaired) electrons. The Morgan fingerprint density at radius 3 is 2.73 bits per heavy atom. The second-order valence-electron chi connectivity index (χ2n) is 6.93. The number of nitrogen functional groups attached to an aromatic ring is 1. The Morgan fingerprint density at radius 2 is 2.04 bits per heavy atom. The van der Waals surface area contributed by atoms with Gasteiger partial charge in [0.05, 0.1) is 6.07 Å². The third-order valence-corrected chi connectivity index (χ3v) is 5.17. The van der Waals surface area contributed by atoms with E-state index < -0.39 is 5.66 Å². The fourth-order valence-electron chi connectivity index (χ4n) is 3.96. The van der Waals surface area contributed by atoms with Gasteiger partial charge in [0.2, 0.25) is 18.0 Å². The fourth-order valence-corrected chi connectivity index (χ4v) is 3.96. The number of carbonyl (C=O) groups excluding carboxylic acids is 1. The fraction of sp³-hybridized carbons (Fsp3) is 0.412. The molecule has 0 saturated heterocycles. The lowest BCUT2D eigenvalue weighted by Gasteiger charge is -2.35. The number of fused-ring (bicyclic) bond motifs is 2. The lowest BCUT2D eigenvalue weighted by atomic mass is 9.89. The zero-order valence-corrected chi connectivity index (χ0v) is 14.4. The van der Waals surface area contributed by atoms with Crippen molar-refractivity contribution >= 4 is 23.2 Å². The summed E-state index contributed by atoms with van der Waals surface area (Å²) in [6.45, 7) is 1.80. The van der Waals surface area contributed by atoms with E-state index in [0.717, 1.165) is 38.4 Å². The molecule has 1 fully saturated rings. The number of amides is 1. The Balaban J connectivity index is 1.82. The minimum atomic E-state index is -0.647. The van der Waals surface area contributed by atoms with Gasteiger partial charge in [0.15, 0.2) is 0 Å². The summed E-state index contributed by atoms with van der Waals surface area (Å²) >= 11 is 0. The van der Waals surface area contributed by atoms with Crippen molar-refractivity contribution in [2.75, 3.05) is 11.1 Å². The van der Waals surface area contributed by atoms with Crippen LogP contribution in [0.3, 0.4) is 0 Å². The zero-order valence-electron chi connectivity index (χ0n) is 14.4. The first-order valence-electron chi connectivity index (χ1n) is 8.63. The van der Waals surface area contributed by atoms with E-state index in [1.807, 2.05) is 0 Å². The third-order valence-electron chi connectivity index (χ3n) is 5.17. The molecule has 1 saturated carbocycles. The van der Waals surface area contributed by atoms with Crippen LogP contribution in [0.5, 0.6) is 0 Å². The lowest BCUT2D eigenvalue weighted by Crippen LogP contribution is -2.48. The molecule has 0 aromatic carbocycles. The van der Waals surface area contributed by atoms with Gasteiger partial charge in [-0.15, -0.1) is 0 Å². The van der Waals surface area contributed by atoms with Crippen molar-refractivity contribution in [3.05, 3.63) is 45.3 Å². The molecule has 2 aromatic rings. The number of hydrogen-bond donors (Lipinski definition) is 3. The van der Waals surface area contributed by atoms with Gasteiger partial charge in [0, 0.05) is 0 Å². The SMILES string of the molecule is Cc1cc(Nc2cc(N)[n+]([O-])cn2)c(=O)n2c1C(=O)NC21CCCCC1. The van der Waals surface area contributed by atoms with Crippen LogP contribution in [0.4, 0.5) is 17.3 Å². The highest BCUT2D eigenvalue weighted by Gasteiger charge is 2.45. The van der Waals surface area contributed by atoms with Crippen LogP contribution >= 0.6 is 0 Å². The molecule has 4 rings (SSSR count). The number of nitrogens with two attached hydrogens (primary N) is 1. The summed E-state index contributed by atoms with van der Waals surface area (Å²) in [5, 5.41) is 17.3. The maximum atomic E-state index is 13.2. The van der Waals surface area contributed by atoms with Crippen LogP contribution in [0.15, 0.2) is 23.3 Å². The van der Waals surface area contributed by atoms with E-state index in [9.17, 15) is 14.8 Å². The molecule has 1 spiro atoms. The molecule has 136 valence electrons. The number of aryl methyl sites for hydroxylation is 1. The Bertz CT molecular complexity index is 962. The highest BCUT2D eigenvalue weighted by molar-refractivity contribution is 5.97. The Hall–Kier alpha value is -3.10. The van der Waals surface area contributed by atoms with Crippen molar-refractivity contribution in [3.8, 4) is 0 Å². The second kappa shape index (κ2) is 5.72. The zero-order chi connectivity index (χ0) is 18.5. The monoisotopic (exact) mass is 356 g/mol. The molecule has 4 N–H and O–H groups in total. The molecule has 2 aliphatic rings. The van der Waals surface area contributed by atoms with E-state index in [-0.39, 0.29) is 17.3 Å². The van der Waals surface area contributed by atoms with Crippen LogP contribution in [0.2, 0.25) is 0 Å². The van der Waals surface area contributed by atoms with Crippen LogP contribution < -0.4 is 26.7 Å². The molecular formula is C17H20N6O3. The van der Waals surface area contributed by atoms with E-state index in [0.29, 0.717) is 27.5 Å². The molecular weight excluding hydrogens is 336 g/mol. The summed E-state index contributed by atoms with van der Waals surface area (Å²) in [4.78, 5) is 29.6. The number of nitrogens with zero attached hydrogens (tertiary/aromatic N) is 3. The topological polar surface area (TPSA) is 129 Å². The summed E-state index contributed by atoms with van der Waals surface area (Å²) in [5.41, 5.74) is 6.08. The van der Waals surface area contributed by atoms with Crippen molar-refractivity contribution in [3.63, 3.8) is 0 Å². The van der Waals surface area contributed by atoms with Gasteiger partial charge in [-0.1, -0.05) is 11.4 Å². The van der Waals surface area contributed by atoms with E-state index in [1.165, 1.54) is 6.07 Å². The molecule has 26 heavy (non-hydrogen) atoms. The molecule has 2 aromatic heterocycles. The van der Waals surface area contributed by atoms with Crippen LogP contribution in [0.25, 0.3) is 0 Å².